The van der Waals surface area contributed by atoms with E-state index in [-0.39, 0.29) is 82.7 Å². The average Bonchev–Trinajstić information content (AvgIpc) is 3.93. The summed E-state index contributed by atoms with van der Waals surface area (Å²) >= 11 is 0. The Balaban J connectivity index is 1.16. The Morgan fingerprint density at radius 1 is 1.02 bits per heavy atom. The van der Waals surface area contributed by atoms with Crippen molar-refractivity contribution >= 4 is 27.5 Å². The molecule has 2 aromatic heterocycles. The number of hydrogen-bond donors (Lipinski definition) is 0. The van der Waals surface area contributed by atoms with Crippen molar-refractivity contribution in [3.8, 4) is 35.2 Å². The molecule has 5 aliphatic heterocycles. The molecular formula is C44H43F4N5O6. The molecule has 2 bridgehead atoms. The summed E-state index contributed by atoms with van der Waals surface area (Å²) in [5.74, 6) is 0.656. The fourth-order valence-electron chi connectivity index (χ4n) is 10.9. The third kappa shape index (κ3) is 6.16. The minimum absolute atomic E-state index is 0.00467. The smallest absolute Gasteiger partial charge is 0.468 e. The van der Waals surface area contributed by atoms with E-state index >= 15 is 13.2 Å². The number of rotatable bonds is 9. The molecule has 5 atom stereocenters. The summed E-state index contributed by atoms with van der Waals surface area (Å²) in [6.45, 7) is 3.62. The van der Waals surface area contributed by atoms with Crippen LogP contribution in [0.1, 0.15) is 67.6 Å². The molecule has 11 nitrogen and oxygen atoms in total. The van der Waals surface area contributed by atoms with Gasteiger partial charge in [-0.3, -0.25) is 9.80 Å². The largest absolute Gasteiger partial charge is 0.519 e. The maximum absolute atomic E-state index is 17.8. The molecule has 0 aliphatic carbocycles. The highest BCUT2D eigenvalue weighted by molar-refractivity contribution is 6.05. The Morgan fingerprint density at radius 2 is 1.88 bits per heavy atom. The first kappa shape index (κ1) is 38.1. The number of methoxy groups -OCH3 is 1. The van der Waals surface area contributed by atoms with Crippen LogP contribution in [0.5, 0.6) is 11.8 Å². The minimum Gasteiger partial charge on any atom is -0.468 e. The van der Waals surface area contributed by atoms with Crippen LogP contribution in [0.4, 0.5) is 23.4 Å². The quantitative estimate of drug-likeness (QED) is 0.0858. The number of piperazine rings is 1. The molecule has 59 heavy (non-hydrogen) atoms. The molecular weight excluding hydrogens is 771 g/mol. The zero-order valence-electron chi connectivity index (χ0n) is 32.8. The molecule has 7 heterocycles. The summed E-state index contributed by atoms with van der Waals surface area (Å²) in [4.78, 5) is 28.3. The van der Waals surface area contributed by atoms with Crippen molar-refractivity contribution in [1.82, 2.24) is 19.8 Å². The normalized spacial score (nSPS) is 25.3. The van der Waals surface area contributed by atoms with Crippen LogP contribution in [0, 0.1) is 36.7 Å². The predicted octanol–water partition coefficient (Wildman–Crippen LogP) is 7.20. The number of aryl methyl sites for hydroxylation is 2. The predicted molar refractivity (Wildman–Crippen MR) is 210 cm³/mol. The Kier molecular flexibility index (Phi) is 9.37. The van der Waals surface area contributed by atoms with Crippen LogP contribution >= 0.6 is 0 Å². The maximum Gasteiger partial charge on any atom is 0.519 e. The lowest BCUT2D eigenvalue weighted by atomic mass is 9.87. The van der Waals surface area contributed by atoms with Crippen molar-refractivity contribution in [2.45, 2.75) is 94.7 Å². The van der Waals surface area contributed by atoms with Crippen molar-refractivity contribution in [2.75, 3.05) is 45.0 Å². The van der Waals surface area contributed by atoms with E-state index in [2.05, 4.69) is 20.6 Å². The molecule has 0 spiro atoms. The van der Waals surface area contributed by atoms with Crippen LogP contribution in [-0.2, 0) is 17.7 Å². The van der Waals surface area contributed by atoms with Crippen molar-refractivity contribution in [1.29, 1.82) is 0 Å². The maximum atomic E-state index is 17.8. The van der Waals surface area contributed by atoms with Gasteiger partial charge in [-0.05, 0) is 82.0 Å². The van der Waals surface area contributed by atoms with Gasteiger partial charge in [-0.25, -0.2) is 22.4 Å². The van der Waals surface area contributed by atoms with E-state index < -0.39 is 40.5 Å². The van der Waals surface area contributed by atoms with Gasteiger partial charge in [0, 0.05) is 61.3 Å². The number of aromatic nitrogens is 2. The van der Waals surface area contributed by atoms with Crippen LogP contribution in [0.15, 0.2) is 37.9 Å². The highest BCUT2D eigenvalue weighted by Crippen LogP contribution is 2.48. The van der Waals surface area contributed by atoms with E-state index in [1.807, 2.05) is 0 Å². The molecule has 3 aromatic carbocycles. The second-order valence-electron chi connectivity index (χ2n) is 16.6. The molecule has 308 valence electrons. The molecule has 0 saturated carbocycles. The second-order valence-corrected chi connectivity index (χ2v) is 16.6. The lowest BCUT2D eigenvalue weighted by Crippen LogP contribution is -2.60. The number of anilines is 1. The van der Waals surface area contributed by atoms with E-state index in [0.29, 0.717) is 61.6 Å². The number of nitrogens with zero attached hydrogens (tertiary/aromatic N) is 5. The summed E-state index contributed by atoms with van der Waals surface area (Å²) in [5.41, 5.74) is -1.01. The van der Waals surface area contributed by atoms with Crippen molar-refractivity contribution in [3.63, 3.8) is 0 Å². The Bertz CT molecular complexity index is 2610. The van der Waals surface area contributed by atoms with E-state index in [0.717, 1.165) is 32.2 Å². The van der Waals surface area contributed by atoms with E-state index in [9.17, 15) is 9.18 Å². The molecule has 4 saturated heterocycles. The Hall–Kier alpha value is -5.17. The van der Waals surface area contributed by atoms with Gasteiger partial charge in [0.15, 0.2) is 18.4 Å². The molecule has 0 radical (unpaired) electrons. The van der Waals surface area contributed by atoms with Gasteiger partial charge in [0.05, 0.1) is 28.6 Å². The number of ether oxygens (including phenoxy) is 3. The second kappa shape index (κ2) is 14.5. The lowest BCUT2D eigenvalue weighted by Gasteiger charge is -2.48. The molecule has 0 amide bonds. The van der Waals surface area contributed by atoms with Gasteiger partial charge in [0.2, 0.25) is 0 Å². The highest BCUT2D eigenvalue weighted by atomic mass is 19.1. The number of benzene rings is 3. The Labute approximate surface area is 337 Å². The summed E-state index contributed by atoms with van der Waals surface area (Å²) < 4.78 is 93.6. The number of alkyl halides is 1. The molecule has 15 heteroatoms. The van der Waals surface area contributed by atoms with Crippen molar-refractivity contribution in [2.24, 2.45) is 0 Å². The van der Waals surface area contributed by atoms with Gasteiger partial charge in [-0.2, -0.15) is 9.97 Å². The summed E-state index contributed by atoms with van der Waals surface area (Å²) in [5, 5.41) is 0.813. The van der Waals surface area contributed by atoms with Gasteiger partial charge < -0.3 is 27.9 Å². The van der Waals surface area contributed by atoms with Gasteiger partial charge in [0.25, 0.3) is 0 Å². The van der Waals surface area contributed by atoms with Gasteiger partial charge in [0.1, 0.15) is 47.3 Å². The lowest BCUT2D eigenvalue weighted by molar-refractivity contribution is 0.0512. The zero-order chi connectivity index (χ0) is 40.7. The van der Waals surface area contributed by atoms with Crippen LogP contribution in [0.3, 0.4) is 0 Å². The molecule has 5 aliphatic rings. The fraction of sp³-hybridized carbons (Fsp3) is 0.477. The molecule has 10 rings (SSSR count). The van der Waals surface area contributed by atoms with Crippen LogP contribution in [0.25, 0.3) is 32.8 Å². The average molecular weight is 814 g/mol. The molecule has 5 aromatic rings. The summed E-state index contributed by atoms with van der Waals surface area (Å²) in [7, 11) is 1.45. The van der Waals surface area contributed by atoms with Crippen molar-refractivity contribution < 1.29 is 40.6 Å². The number of fused-ring (bicyclic) bond motifs is 7. The summed E-state index contributed by atoms with van der Waals surface area (Å²) in [6.07, 6.45) is 9.97. The first-order chi connectivity index (χ1) is 28.6. The van der Waals surface area contributed by atoms with Crippen molar-refractivity contribution in [3.05, 3.63) is 75.0 Å². The Morgan fingerprint density at radius 3 is 2.68 bits per heavy atom. The topological polar surface area (TPSA) is 107 Å². The van der Waals surface area contributed by atoms with E-state index in [4.69, 9.17) is 39.4 Å². The SMILES string of the molecule is C#Cc1c(F)ccc2cc(OCOC)cc(-c3c(F)c4c5c(nc(OC[C@@]67CCCN6C[C@H](F)C7)nc5c3F)N3C[C@H]5CC[C@@H]([C@H]3CCC4)N5Cc3oc(=O)oc3C)c12. The fourth-order valence-corrected chi connectivity index (χ4v) is 10.9. The minimum atomic E-state index is -0.988. The van der Waals surface area contributed by atoms with Crippen LogP contribution < -0.4 is 20.2 Å². The first-order valence-electron chi connectivity index (χ1n) is 20.3. The molecule has 0 N–H and O–H groups in total. The molecule has 0 unspecified atom stereocenters. The van der Waals surface area contributed by atoms with E-state index in [1.165, 1.54) is 25.3 Å². The molecule has 4 fully saturated rings. The third-order valence-corrected chi connectivity index (χ3v) is 13.4. The zero-order valence-corrected chi connectivity index (χ0v) is 32.8. The summed E-state index contributed by atoms with van der Waals surface area (Å²) in [6, 6.07) is 5.58. The number of hydrogen-bond acceptors (Lipinski definition) is 11. The van der Waals surface area contributed by atoms with Crippen LogP contribution in [0.2, 0.25) is 0 Å². The standard InChI is InChI=1S/C44H43F4N5O6/c1-4-28-31(46)11-9-24-15-27(57-22-55-3)16-30(35(24)28)36-38(47)29-7-5-8-32-33-12-10-26(52(33)20-34-23(2)58-43(54)59-34)19-53(32)41-37(29)40(39(36)48)49-42(50-41)56-21-44-13-6-14-51(44)18-25(45)17-44/h1,9,11,15-16,25-26,32-33H,5-8,10,12-14,17-22H2,2-3H3/t25-,26-,32-,33+,44+/m1/s1. The van der Waals surface area contributed by atoms with Crippen LogP contribution in [-0.4, -0.2) is 89.7 Å². The van der Waals surface area contributed by atoms with Gasteiger partial charge in [-0.15, -0.1) is 6.42 Å². The highest BCUT2D eigenvalue weighted by Gasteiger charge is 2.50. The van der Waals surface area contributed by atoms with Gasteiger partial charge >= 0.3 is 11.8 Å². The number of terminal acetylenes is 1. The monoisotopic (exact) mass is 813 g/mol. The number of halogens is 4. The van der Waals surface area contributed by atoms with Gasteiger partial charge in [-0.1, -0.05) is 12.0 Å². The first-order valence-corrected chi connectivity index (χ1v) is 20.3. The van der Waals surface area contributed by atoms with E-state index in [1.54, 1.807) is 13.0 Å². The third-order valence-electron chi connectivity index (χ3n) is 13.4.